The number of H-pyrrole nitrogens is 1. The molecule has 0 aliphatic rings. The second-order valence-corrected chi connectivity index (χ2v) is 4.79. The molecule has 0 radical (unpaired) electrons. The van der Waals surface area contributed by atoms with Gasteiger partial charge in [-0.25, -0.2) is 4.98 Å². The van der Waals surface area contributed by atoms with Crippen LogP contribution in [0.2, 0.25) is 0 Å². The molecule has 0 unspecified atom stereocenters. The van der Waals surface area contributed by atoms with Crippen molar-refractivity contribution >= 4 is 16.6 Å². The number of aryl methyl sites for hydroxylation is 1. The summed E-state index contributed by atoms with van der Waals surface area (Å²) in [5, 5.41) is 7.94. The molecular weight excluding hydrogens is 250 g/mol. The zero-order valence-corrected chi connectivity index (χ0v) is 11.7. The van der Waals surface area contributed by atoms with Gasteiger partial charge in [0.1, 0.15) is 12.2 Å². The van der Waals surface area contributed by atoms with Crippen LogP contribution in [-0.4, -0.2) is 27.2 Å². The standard InChI is InChI=1S/C15H17N5/c1-3-11-8-14(12-6-4-5-7-13(12)18-11)20(2)9-15-16-10-17-19-15/h4-8,10H,3,9H2,1-2H3,(H,16,17,19). The van der Waals surface area contributed by atoms with Crippen molar-refractivity contribution in [2.24, 2.45) is 0 Å². The Morgan fingerprint density at radius 3 is 2.85 bits per heavy atom. The van der Waals surface area contributed by atoms with Crippen molar-refractivity contribution in [3.05, 3.63) is 48.2 Å². The second-order valence-electron chi connectivity index (χ2n) is 4.79. The summed E-state index contributed by atoms with van der Waals surface area (Å²) in [7, 11) is 2.06. The molecule has 2 heterocycles. The lowest BCUT2D eigenvalue weighted by Crippen LogP contribution is -2.18. The van der Waals surface area contributed by atoms with E-state index in [-0.39, 0.29) is 0 Å². The van der Waals surface area contributed by atoms with Gasteiger partial charge in [-0.1, -0.05) is 25.1 Å². The van der Waals surface area contributed by atoms with Crippen molar-refractivity contribution in [1.29, 1.82) is 0 Å². The molecule has 102 valence electrons. The Kier molecular flexibility index (Phi) is 3.33. The molecule has 0 aliphatic carbocycles. The number of nitrogens with one attached hydrogen (secondary N) is 1. The highest BCUT2D eigenvalue weighted by Crippen LogP contribution is 2.26. The molecule has 5 nitrogen and oxygen atoms in total. The Morgan fingerprint density at radius 2 is 2.10 bits per heavy atom. The van der Waals surface area contributed by atoms with Crippen molar-refractivity contribution in [2.45, 2.75) is 19.9 Å². The second kappa shape index (κ2) is 5.28. The van der Waals surface area contributed by atoms with E-state index in [2.05, 4.69) is 57.2 Å². The molecule has 0 atom stereocenters. The zero-order valence-electron chi connectivity index (χ0n) is 11.7. The van der Waals surface area contributed by atoms with Crippen LogP contribution in [0, 0.1) is 0 Å². The van der Waals surface area contributed by atoms with Gasteiger partial charge in [0.15, 0.2) is 0 Å². The molecule has 1 aromatic carbocycles. The van der Waals surface area contributed by atoms with E-state index in [1.807, 2.05) is 12.1 Å². The van der Waals surface area contributed by atoms with E-state index < -0.39 is 0 Å². The largest absolute Gasteiger partial charge is 0.366 e. The van der Waals surface area contributed by atoms with E-state index in [4.69, 9.17) is 0 Å². The molecule has 0 saturated carbocycles. The van der Waals surface area contributed by atoms with Crippen molar-refractivity contribution in [2.75, 3.05) is 11.9 Å². The van der Waals surface area contributed by atoms with Crippen LogP contribution in [0.1, 0.15) is 18.4 Å². The van der Waals surface area contributed by atoms with E-state index in [1.54, 1.807) is 0 Å². The fourth-order valence-electron chi connectivity index (χ4n) is 2.32. The van der Waals surface area contributed by atoms with E-state index in [0.29, 0.717) is 6.54 Å². The Hall–Kier alpha value is -2.43. The third kappa shape index (κ3) is 2.34. The van der Waals surface area contributed by atoms with Crippen molar-refractivity contribution in [3.63, 3.8) is 0 Å². The summed E-state index contributed by atoms with van der Waals surface area (Å²) in [5.41, 5.74) is 3.30. The SMILES string of the molecule is CCc1cc(N(C)Cc2ncn[nH]2)c2ccccc2n1. The van der Waals surface area contributed by atoms with Crippen LogP contribution in [0.25, 0.3) is 10.9 Å². The molecule has 1 N–H and O–H groups in total. The number of para-hydroxylation sites is 1. The first-order valence-corrected chi connectivity index (χ1v) is 6.72. The molecule has 0 spiro atoms. The molecule has 0 amide bonds. The summed E-state index contributed by atoms with van der Waals surface area (Å²) in [5.74, 6) is 0.853. The van der Waals surface area contributed by atoms with Crippen LogP contribution >= 0.6 is 0 Å². The molecule has 0 fully saturated rings. The first kappa shape index (κ1) is 12.6. The monoisotopic (exact) mass is 267 g/mol. The van der Waals surface area contributed by atoms with E-state index in [9.17, 15) is 0 Å². The number of aromatic nitrogens is 4. The first-order chi connectivity index (χ1) is 9.78. The summed E-state index contributed by atoms with van der Waals surface area (Å²) < 4.78 is 0. The minimum Gasteiger partial charge on any atom is -0.366 e. The Balaban J connectivity index is 2.04. The normalized spacial score (nSPS) is 10.9. The molecule has 5 heteroatoms. The number of nitrogens with zero attached hydrogens (tertiary/aromatic N) is 4. The summed E-state index contributed by atoms with van der Waals surface area (Å²) in [6.07, 6.45) is 2.46. The van der Waals surface area contributed by atoms with Crippen LogP contribution in [0.3, 0.4) is 0 Å². The zero-order chi connectivity index (χ0) is 13.9. The summed E-state index contributed by atoms with van der Waals surface area (Å²) in [4.78, 5) is 11.0. The lowest BCUT2D eigenvalue weighted by atomic mass is 10.1. The van der Waals surface area contributed by atoms with Gasteiger partial charge in [0.25, 0.3) is 0 Å². The maximum Gasteiger partial charge on any atom is 0.143 e. The number of rotatable bonds is 4. The van der Waals surface area contributed by atoms with Crippen LogP contribution in [0.4, 0.5) is 5.69 Å². The van der Waals surface area contributed by atoms with Crippen molar-refractivity contribution in [3.8, 4) is 0 Å². The van der Waals surface area contributed by atoms with Crippen LogP contribution in [0.15, 0.2) is 36.7 Å². The average Bonchev–Trinajstić information content (AvgIpc) is 2.98. The minimum atomic E-state index is 0.692. The van der Waals surface area contributed by atoms with E-state index >= 15 is 0 Å². The van der Waals surface area contributed by atoms with Gasteiger partial charge in [-0.2, -0.15) is 5.10 Å². The molecular formula is C15H17N5. The molecule has 3 rings (SSSR count). The van der Waals surface area contributed by atoms with Crippen molar-refractivity contribution in [1.82, 2.24) is 20.2 Å². The maximum absolute atomic E-state index is 4.67. The molecule has 2 aromatic heterocycles. The Bertz CT molecular complexity index is 705. The number of pyridine rings is 1. The van der Waals surface area contributed by atoms with Gasteiger partial charge in [0.05, 0.1) is 12.1 Å². The highest BCUT2D eigenvalue weighted by molar-refractivity contribution is 5.91. The lowest BCUT2D eigenvalue weighted by Gasteiger charge is -2.20. The minimum absolute atomic E-state index is 0.692. The fourth-order valence-corrected chi connectivity index (χ4v) is 2.32. The molecule has 0 aliphatic heterocycles. The lowest BCUT2D eigenvalue weighted by molar-refractivity contribution is 0.844. The Labute approximate surface area is 117 Å². The molecule has 20 heavy (non-hydrogen) atoms. The fraction of sp³-hybridized carbons (Fsp3) is 0.267. The predicted molar refractivity (Wildman–Crippen MR) is 79.6 cm³/mol. The number of aromatic amines is 1. The summed E-state index contributed by atoms with van der Waals surface area (Å²) >= 11 is 0. The molecule has 0 saturated heterocycles. The Morgan fingerprint density at radius 1 is 1.25 bits per heavy atom. The van der Waals surface area contributed by atoms with Gasteiger partial charge in [0.2, 0.25) is 0 Å². The first-order valence-electron chi connectivity index (χ1n) is 6.72. The number of hydrogen-bond acceptors (Lipinski definition) is 4. The van der Waals surface area contributed by atoms with Gasteiger partial charge >= 0.3 is 0 Å². The number of fused-ring (bicyclic) bond motifs is 1. The van der Waals surface area contributed by atoms with Crippen LogP contribution in [0.5, 0.6) is 0 Å². The number of hydrogen-bond donors (Lipinski definition) is 1. The van der Waals surface area contributed by atoms with Crippen LogP contribution < -0.4 is 4.90 Å². The predicted octanol–water partition coefficient (Wildman–Crippen LogP) is 2.55. The highest BCUT2D eigenvalue weighted by atomic mass is 15.2. The third-order valence-electron chi connectivity index (χ3n) is 3.37. The quantitative estimate of drug-likeness (QED) is 0.789. The van der Waals surface area contributed by atoms with Gasteiger partial charge in [-0.3, -0.25) is 10.1 Å². The van der Waals surface area contributed by atoms with Gasteiger partial charge in [0, 0.05) is 23.8 Å². The van der Waals surface area contributed by atoms with E-state index in [1.165, 1.54) is 12.0 Å². The smallest absolute Gasteiger partial charge is 0.143 e. The van der Waals surface area contributed by atoms with Gasteiger partial charge in [-0.05, 0) is 18.6 Å². The number of anilines is 1. The molecule has 0 bridgehead atoms. The van der Waals surface area contributed by atoms with Crippen molar-refractivity contribution < 1.29 is 0 Å². The van der Waals surface area contributed by atoms with Crippen LogP contribution in [-0.2, 0) is 13.0 Å². The summed E-state index contributed by atoms with van der Waals surface area (Å²) in [6, 6.07) is 10.4. The number of benzene rings is 1. The van der Waals surface area contributed by atoms with Gasteiger partial charge < -0.3 is 4.90 Å². The average molecular weight is 267 g/mol. The highest BCUT2D eigenvalue weighted by Gasteiger charge is 2.10. The molecule has 3 aromatic rings. The third-order valence-corrected chi connectivity index (χ3v) is 3.37. The maximum atomic E-state index is 4.67. The van der Waals surface area contributed by atoms with Gasteiger partial charge in [-0.15, -0.1) is 0 Å². The topological polar surface area (TPSA) is 57.7 Å². The van der Waals surface area contributed by atoms with E-state index in [0.717, 1.165) is 28.8 Å². The summed E-state index contributed by atoms with van der Waals surface area (Å²) in [6.45, 7) is 2.81.